The number of methoxy groups -OCH3 is 1. The van der Waals surface area contributed by atoms with Crippen LogP contribution in [0.3, 0.4) is 0 Å². The first kappa shape index (κ1) is 17.0. The lowest BCUT2D eigenvalue weighted by molar-refractivity contribution is -0.0870. The van der Waals surface area contributed by atoms with E-state index in [4.69, 9.17) is 4.74 Å². The lowest BCUT2D eigenvalue weighted by atomic mass is 9.71. The topological polar surface area (TPSA) is 74.7 Å². The van der Waals surface area contributed by atoms with E-state index < -0.39 is 11.4 Å². The van der Waals surface area contributed by atoms with Gasteiger partial charge in [0.05, 0.1) is 24.9 Å². The molecule has 1 aliphatic heterocycles. The van der Waals surface area contributed by atoms with Crippen LogP contribution < -0.4 is 10.1 Å². The first-order valence-corrected chi connectivity index (χ1v) is 8.46. The van der Waals surface area contributed by atoms with Gasteiger partial charge in [-0.05, 0) is 19.3 Å². The predicted octanol–water partition coefficient (Wildman–Crippen LogP) is 2.07. The number of amides is 2. The molecule has 7 heteroatoms. The van der Waals surface area contributed by atoms with Gasteiger partial charge in [0.25, 0.3) is 0 Å². The maximum absolute atomic E-state index is 14.1. The second-order valence-electron chi connectivity index (χ2n) is 6.67. The van der Waals surface area contributed by atoms with Crippen molar-refractivity contribution in [2.75, 3.05) is 20.2 Å². The van der Waals surface area contributed by atoms with Crippen molar-refractivity contribution in [3.05, 3.63) is 23.8 Å². The molecule has 0 aromatic carbocycles. The van der Waals surface area contributed by atoms with Crippen LogP contribution in [0, 0.1) is 11.7 Å². The van der Waals surface area contributed by atoms with Gasteiger partial charge in [-0.25, -0.2) is 9.18 Å². The number of nitrogens with one attached hydrogen (secondary N) is 1. The van der Waals surface area contributed by atoms with Crippen LogP contribution >= 0.6 is 0 Å². The van der Waals surface area contributed by atoms with Crippen molar-refractivity contribution in [1.82, 2.24) is 15.2 Å². The average molecular weight is 337 g/mol. The summed E-state index contributed by atoms with van der Waals surface area (Å²) in [7, 11) is 1.39. The van der Waals surface area contributed by atoms with Gasteiger partial charge in [0.1, 0.15) is 0 Å². The summed E-state index contributed by atoms with van der Waals surface area (Å²) in [4.78, 5) is 18.0. The van der Waals surface area contributed by atoms with E-state index in [1.165, 1.54) is 19.4 Å². The lowest BCUT2D eigenvalue weighted by Gasteiger charge is -2.47. The lowest BCUT2D eigenvalue weighted by Crippen LogP contribution is -2.56. The second-order valence-corrected chi connectivity index (χ2v) is 6.67. The van der Waals surface area contributed by atoms with E-state index in [9.17, 15) is 14.3 Å². The maximum atomic E-state index is 14.1. The molecule has 1 aliphatic carbocycles. The van der Waals surface area contributed by atoms with Crippen LogP contribution in [0.1, 0.15) is 37.8 Å². The molecule has 2 aliphatic rings. The van der Waals surface area contributed by atoms with E-state index in [1.54, 1.807) is 4.90 Å². The number of carbonyl (C=O) groups is 1. The van der Waals surface area contributed by atoms with Gasteiger partial charge in [-0.1, -0.05) is 12.8 Å². The molecule has 2 fully saturated rings. The molecule has 1 saturated carbocycles. The summed E-state index contributed by atoms with van der Waals surface area (Å²) in [6.07, 6.45) is 5.99. The van der Waals surface area contributed by atoms with Crippen molar-refractivity contribution in [2.24, 2.45) is 5.92 Å². The Morgan fingerprint density at radius 2 is 2.38 bits per heavy atom. The number of aromatic nitrogens is 1. The molecule has 24 heavy (non-hydrogen) atoms. The highest BCUT2D eigenvalue weighted by molar-refractivity contribution is 5.74. The smallest absolute Gasteiger partial charge is 0.317 e. The maximum Gasteiger partial charge on any atom is 0.317 e. The van der Waals surface area contributed by atoms with Crippen LogP contribution in [-0.4, -0.2) is 46.8 Å². The Bertz CT molecular complexity index is 613. The second kappa shape index (κ2) is 6.93. The quantitative estimate of drug-likeness (QED) is 0.885. The zero-order chi connectivity index (χ0) is 17.2. The molecule has 2 atom stereocenters. The number of fused-ring (bicyclic) bond motifs is 1. The van der Waals surface area contributed by atoms with Crippen LogP contribution in [-0.2, 0) is 6.54 Å². The summed E-state index contributed by atoms with van der Waals surface area (Å²) in [5, 5.41) is 13.4. The number of pyridine rings is 1. The molecule has 0 radical (unpaired) electrons. The minimum absolute atomic E-state index is 0.00724. The minimum Gasteiger partial charge on any atom is -0.494 e. The number of hydrogen-bond donors (Lipinski definition) is 2. The third-order valence-electron chi connectivity index (χ3n) is 5.27. The number of nitrogens with zero attached hydrogens (tertiary/aromatic N) is 2. The van der Waals surface area contributed by atoms with E-state index in [0.29, 0.717) is 19.5 Å². The Morgan fingerprint density at radius 3 is 3.17 bits per heavy atom. The van der Waals surface area contributed by atoms with E-state index >= 15 is 0 Å². The number of rotatable bonds is 3. The fraction of sp³-hybridized carbons (Fsp3) is 0.647. The van der Waals surface area contributed by atoms with E-state index in [-0.39, 0.29) is 29.9 Å². The molecular weight excluding hydrogens is 313 g/mol. The van der Waals surface area contributed by atoms with Crippen LogP contribution in [0.4, 0.5) is 9.18 Å². The molecule has 0 bridgehead atoms. The Kier molecular flexibility index (Phi) is 4.89. The van der Waals surface area contributed by atoms with Crippen molar-refractivity contribution >= 4 is 6.03 Å². The number of ether oxygens (including phenoxy) is 1. The zero-order valence-electron chi connectivity index (χ0n) is 13.9. The van der Waals surface area contributed by atoms with Gasteiger partial charge in [-0.3, -0.25) is 4.98 Å². The predicted molar refractivity (Wildman–Crippen MR) is 86.1 cm³/mol. The largest absolute Gasteiger partial charge is 0.494 e. The summed E-state index contributed by atoms with van der Waals surface area (Å²) < 4.78 is 19.0. The number of hydrogen-bond acceptors (Lipinski definition) is 4. The van der Waals surface area contributed by atoms with E-state index in [2.05, 4.69) is 10.3 Å². The van der Waals surface area contributed by atoms with Crippen molar-refractivity contribution in [2.45, 2.75) is 44.2 Å². The summed E-state index contributed by atoms with van der Waals surface area (Å²) >= 11 is 0. The number of carbonyl (C=O) groups excluding carboxylic acids is 1. The highest BCUT2D eigenvalue weighted by Gasteiger charge is 2.43. The zero-order valence-corrected chi connectivity index (χ0v) is 13.9. The molecule has 132 valence electrons. The number of halogens is 1. The Hall–Kier alpha value is -1.89. The fourth-order valence-corrected chi connectivity index (χ4v) is 3.77. The Labute approximate surface area is 141 Å². The third-order valence-corrected chi connectivity index (χ3v) is 5.27. The van der Waals surface area contributed by atoms with Crippen molar-refractivity contribution in [1.29, 1.82) is 0 Å². The molecule has 1 saturated heterocycles. The number of likely N-dealkylation sites (tertiary alicyclic amines) is 1. The van der Waals surface area contributed by atoms with Gasteiger partial charge in [0, 0.05) is 31.3 Å². The third kappa shape index (κ3) is 3.31. The molecule has 2 amide bonds. The Balaban J connectivity index is 1.58. The minimum atomic E-state index is -0.616. The average Bonchev–Trinajstić information content (AvgIpc) is 2.59. The molecule has 1 aromatic heterocycles. The SMILES string of the molecule is COc1ccnc(CNC(=O)N2CCC3(O)CCCCC3C2)c1F. The first-order valence-electron chi connectivity index (χ1n) is 8.46. The number of piperidine rings is 1. The highest BCUT2D eigenvalue weighted by Crippen LogP contribution is 2.39. The number of aliphatic hydroxyl groups is 1. The molecule has 2 unspecified atom stereocenters. The van der Waals surface area contributed by atoms with Crippen molar-refractivity contribution < 1.29 is 19.0 Å². The van der Waals surface area contributed by atoms with Gasteiger partial charge >= 0.3 is 6.03 Å². The summed E-state index contributed by atoms with van der Waals surface area (Å²) in [5.74, 6) is -0.308. The van der Waals surface area contributed by atoms with Gasteiger partial charge in [0.2, 0.25) is 0 Å². The van der Waals surface area contributed by atoms with Crippen LogP contribution in [0.2, 0.25) is 0 Å². The number of urea groups is 1. The van der Waals surface area contributed by atoms with Gasteiger partial charge in [0.15, 0.2) is 11.6 Å². The summed E-state index contributed by atoms with van der Waals surface area (Å²) in [5.41, 5.74) is -0.468. The van der Waals surface area contributed by atoms with Gasteiger partial charge in [-0.2, -0.15) is 0 Å². The standard InChI is InChI=1S/C17H24FN3O3/c1-24-14-5-8-19-13(15(14)18)10-20-16(22)21-9-7-17(23)6-3-2-4-12(17)11-21/h5,8,12,23H,2-4,6-7,9-11H2,1H3,(H,20,22). The summed E-state index contributed by atoms with van der Waals surface area (Å²) in [6.45, 7) is 1.08. The molecular formula is C17H24FN3O3. The first-order chi connectivity index (χ1) is 11.5. The van der Waals surface area contributed by atoms with Crippen LogP contribution in [0.25, 0.3) is 0 Å². The molecule has 1 aromatic rings. The van der Waals surface area contributed by atoms with Crippen LogP contribution in [0.15, 0.2) is 12.3 Å². The van der Waals surface area contributed by atoms with Crippen molar-refractivity contribution in [3.63, 3.8) is 0 Å². The molecule has 6 nitrogen and oxygen atoms in total. The normalized spacial score (nSPS) is 26.6. The molecule has 2 N–H and O–H groups in total. The van der Waals surface area contributed by atoms with E-state index in [1.807, 2.05) is 0 Å². The summed E-state index contributed by atoms with van der Waals surface area (Å²) in [6, 6.07) is 1.20. The molecule has 3 rings (SSSR count). The molecule has 2 heterocycles. The Morgan fingerprint density at radius 1 is 1.54 bits per heavy atom. The van der Waals surface area contributed by atoms with Crippen molar-refractivity contribution in [3.8, 4) is 5.75 Å². The fourth-order valence-electron chi connectivity index (χ4n) is 3.77. The van der Waals surface area contributed by atoms with E-state index in [0.717, 1.165) is 25.7 Å². The monoisotopic (exact) mass is 337 g/mol. The molecule has 0 spiro atoms. The van der Waals surface area contributed by atoms with Crippen LogP contribution in [0.5, 0.6) is 5.75 Å². The van der Waals surface area contributed by atoms with Gasteiger partial charge < -0.3 is 20.1 Å². The highest BCUT2D eigenvalue weighted by atomic mass is 19.1. The van der Waals surface area contributed by atoms with Gasteiger partial charge in [-0.15, -0.1) is 0 Å².